The molecular weight excluding hydrogens is 240 g/mol. The molecular formula is C15H28O2Si. The summed E-state index contributed by atoms with van der Waals surface area (Å²) in [7, 11) is -1.74. The van der Waals surface area contributed by atoms with E-state index in [2.05, 4.69) is 40.4 Å². The van der Waals surface area contributed by atoms with Gasteiger partial charge in [0.05, 0.1) is 12.7 Å². The average Bonchev–Trinajstić information content (AvgIpc) is 2.21. The van der Waals surface area contributed by atoms with Crippen molar-refractivity contribution in [1.82, 2.24) is 0 Å². The highest BCUT2D eigenvalue weighted by Gasteiger charge is 2.40. The van der Waals surface area contributed by atoms with Crippen LogP contribution in [0.3, 0.4) is 0 Å². The fourth-order valence-corrected chi connectivity index (χ4v) is 3.25. The van der Waals surface area contributed by atoms with Crippen LogP contribution in [0.2, 0.25) is 18.1 Å². The molecule has 1 rings (SSSR count). The zero-order valence-corrected chi connectivity index (χ0v) is 13.5. The average molecular weight is 268 g/mol. The molecule has 0 saturated heterocycles. The maximum Gasteiger partial charge on any atom is 0.192 e. The van der Waals surface area contributed by atoms with E-state index in [-0.39, 0.29) is 17.7 Å². The number of hydrogen-bond acceptors (Lipinski definition) is 2. The van der Waals surface area contributed by atoms with E-state index in [0.717, 1.165) is 19.3 Å². The highest BCUT2D eigenvalue weighted by molar-refractivity contribution is 6.74. The Bertz CT molecular complexity index is 337. The van der Waals surface area contributed by atoms with Crippen LogP contribution in [-0.4, -0.2) is 26.1 Å². The van der Waals surface area contributed by atoms with Crippen molar-refractivity contribution in [3.8, 4) is 0 Å². The van der Waals surface area contributed by atoms with Gasteiger partial charge in [-0.3, -0.25) is 0 Å². The SMILES string of the molecule is C=C1CC/C(=C/CO)C[C@H]1O[Si](C)(C)C(C)(C)C. The maximum atomic E-state index is 9.00. The van der Waals surface area contributed by atoms with Crippen LogP contribution in [0.25, 0.3) is 0 Å². The first-order valence-corrected chi connectivity index (χ1v) is 9.72. The molecule has 18 heavy (non-hydrogen) atoms. The van der Waals surface area contributed by atoms with Gasteiger partial charge >= 0.3 is 0 Å². The normalized spacial score (nSPS) is 24.7. The third kappa shape index (κ3) is 3.80. The third-order valence-corrected chi connectivity index (χ3v) is 8.78. The van der Waals surface area contributed by atoms with Crippen molar-refractivity contribution in [2.75, 3.05) is 6.61 Å². The van der Waals surface area contributed by atoms with Crippen molar-refractivity contribution in [3.63, 3.8) is 0 Å². The Morgan fingerprint density at radius 1 is 1.39 bits per heavy atom. The van der Waals surface area contributed by atoms with Crippen LogP contribution in [0.4, 0.5) is 0 Å². The monoisotopic (exact) mass is 268 g/mol. The van der Waals surface area contributed by atoms with Crippen molar-refractivity contribution < 1.29 is 9.53 Å². The summed E-state index contributed by atoms with van der Waals surface area (Å²) in [6.07, 6.45) is 5.00. The topological polar surface area (TPSA) is 29.5 Å². The molecule has 1 aliphatic carbocycles. The number of rotatable bonds is 3. The Kier molecular flexibility index (Phi) is 4.98. The van der Waals surface area contributed by atoms with E-state index in [1.807, 2.05) is 6.08 Å². The number of aliphatic hydroxyl groups excluding tert-OH is 1. The first-order chi connectivity index (χ1) is 8.17. The van der Waals surface area contributed by atoms with Crippen LogP contribution in [0.5, 0.6) is 0 Å². The van der Waals surface area contributed by atoms with Gasteiger partial charge < -0.3 is 9.53 Å². The minimum Gasteiger partial charge on any atom is -0.410 e. The van der Waals surface area contributed by atoms with E-state index in [1.165, 1.54) is 11.1 Å². The van der Waals surface area contributed by atoms with Gasteiger partial charge in [-0.1, -0.05) is 39.0 Å². The van der Waals surface area contributed by atoms with E-state index in [1.54, 1.807) is 0 Å². The number of hydrogen-bond donors (Lipinski definition) is 1. The lowest BCUT2D eigenvalue weighted by Gasteiger charge is -2.41. The summed E-state index contributed by atoms with van der Waals surface area (Å²) in [5.74, 6) is 0. The van der Waals surface area contributed by atoms with E-state index in [0.29, 0.717) is 0 Å². The lowest BCUT2D eigenvalue weighted by atomic mass is 9.89. The standard InChI is InChI=1S/C15H28O2Si/c1-12-7-8-13(9-10-16)11-14(12)17-18(5,6)15(2,3)4/h9,14,16H,1,7-8,10-11H2,2-6H3/b13-9-/t14-/m1/s1. The molecule has 1 saturated carbocycles. The van der Waals surface area contributed by atoms with Crippen molar-refractivity contribution in [1.29, 1.82) is 0 Å². The molecule has 0 bridgehead atoms. The summed E-state index contributed by atoms with van der Waals surface area (Å²) in [6.45, 7) is 15.6. The second kappa shape index (κ2) is 5.72. The zero-order valence-electron chi connectivity index (χ0n) is 12.5. The predicted octanol–water partition coefficient (Wildman–Crippen LogP) is 4.04. The maximum absolute atomic E-state index is 9.00. The Morgan fingerprint density at radius 2 is 2.00 bits per heavy atom. The van der Waals surface area contributed by atoms with Crippen molar-refractivity contribution >= 4 is 8.32 Å². The van der Waals surface area contributed by atoms with Crippen LogP contribution in [0.15, 0.2) is 23.8 Å². The minimum absolute atomic E-state index is 0.134. The van der Waals surface area contributed by atoms with Gasteiger partial charge in [-0.05, 0) is 43.0 Å². The molecule has 0 radical (unpaired) electrons. The number of aliphatic hydroxyl groups is 1. The highest BCUT2D eigenvalue weighted by atomic mass is 28.4. The fourth-order valence-electron chi connectivity index (χ4n) is 1.94. The van der Waals surface area contributed by atoms with Gasteiger partial charge in [0.1, 0.15) is 0 Å². The first kappa shape index (κ1) is 15.7. The molecule has 0 aromatic carbocycles. The molecule has 2 nitrogen and oxygen atoms in total. The van der Waals surface area contributed by atoms with Gasteiger partial charge in [0, 0.05) is 0 Å². The summed E-state index contributed by atoms with van der Waals surface area (Å²) < 4.78 is 6.45. The minimum atomic E-state index is -1.74. The molecule has 0 spiro atoms. The van der Waals surface area contributed by atoms with Crippen molar-refractivity contribution in [2.45, 2.75) is 64.3 Å². The second-order valence-corrected chi connectivity index (χ2v) is 11.5. The molecule has 1 N–H and O–H groups in total. The van der Waals surface area contributed by atoms with Crippen LogP contribution >= 0.6 is 0 Å². The molecule has 0 heterocycles. The molecule has 0 aromatic rings. The van der Waals surface area contributed by atoms with Crippen LogP contribution in [-0.2, 0) is 4.43 Å². The van der Waals surface area contributed by atoms with Crippen LogP contribution < -0.4 is 0 Å². The molecule has 0 amide bonds. The third-order valence-electron chi connectivity index (χ3n) is 4.29. The molecule has 1 aliphatic rings. The lowest BCUT2D eigenvalue weighted by molar-refractivity contribution is 0.200. The van der Waals surface area contributed by atoms with Crippen LogP contribution in [0, 0.1) is 0 Å². The van der Waals surface area contributed by atoms with Gasteiger partial charge in [0.25, 0.3) is 0 Å². The van der Waals surface area contributed by atoms with E-state index < -0.39 is 8.32 Å². The van der Waals surface area contributed by atoms with Gasteiger partial charge in [0.2, 0.25) is 0 Å². The van der Waals surface area contributed by atoms with Crippen LogP contribution in [0.1, 0.15) is 40.0 Å². The highest BCUT2D eigenvalue weighted by Crippen LogP contribution is 2.40. The Hall–Kier alpha value is -0.383. The van der Waals surface area contributed by atoms with Gasteiger partial charge in [-0.15, -0.1) is 0 Å². The van der Waals surface area contributed by atoms with Crippen molar-refractivity contribution in [3.05, 3.63) is 23.8 Å². The quantitative estimate of drug-likeness (QED) is 0.618. The zero-order chi connectivity index (χ0) is 14.0. The molecule has 0 aromatic heterocycles. The molecule has 0 aliphatic heterocycles. The van der Waals surface area contributed by atoms with Gasteiger partial charge in [0.15, 0.2) is 8.32 Å². The Labute approximate surface area is 113 Å². The Balaban J connectivity index is 2.76. The van der Waals surface area contributed by atoms with Gasteiger partial charge in [-0.25, -0.2) is 0 Å². The second-order valence-electron chi connectivity index (χ2n) is 6.77. The summed E-state index contributed by atoms with van der Waals surface area (Å²) >= 11 is 0. The Morgan fingerprint density at radius 3 is 2.50 bits per heavy atom. The molecule has 0 unspecified atom stereocenters. The fraction of sp³-hybridized carbons (Fsp3) is 0.733. The lowest BCUT2D eigenvalue weighted by Crippen LogP contribution is -2.45. The predicted molar refractivity (Wildman–Crippen MR) is 80.2 cm³/mol. The largest absolute Gasteiger partial charge is 0.410 e. The van der Waals surface area contributed by atoms with E-state index >= 15 is 0 Å². The summed E-state index contributed by atoms with van der Waals surface area (Å²) in [6, 6.07) is 0. The molecule has 104 valence electrons. The van der Waals surface area contributed by atoms with E-state index in [9.17, 15) is 0 Å². The summed E-state index contributed by atoms with van der Waals surface area (Å²) in [5, 5.41) is 9.23. The summed E-state index contributed by atoms with van der Waals surface area (Å²) in [4.78, 5) is 0. The smallest absolute Gasteiger partial charge is 0.192 e. The molecule has 3 heteroatoms. The summed E-state index contributed by atoms with van der Waals surface area (Å²) in [5.41, 5.74) is 2.53. The van der Waals surface area contributed by atoms with Gasteiger partial charge in [-0.2, -0.15) is 0 Å². The van der Waals surface area contributed by atoms with Crippen molar-refractivity contribution in [2.24, 2.45) is 0 Å². The van der Waals surface area contributed by atoms with E-state index in [4.69, 9.17) is 9.53 Å². The molecule has 1 fully saturated rings. The molecule has 1 atom stereocenters. The first-order valence-electron chi connectivity index (χ1n) is 6.81.